The van der Waals surface area contributed by atoms with Gasteiger partial charge in [-0.05, 0) is 19.8 Å². The number of aromatic nitrogens is 3. The average Bonchev–Trinajstić information content (AvgIpc) is 2.91. The van der Waals surface area contributed by atoms with E-state index in [1.165, 1.54) is 25.7 Å². The number of anilines is 3. The summed E-state index contributed by atoms with van der Waals surface area (Å²) < 4.78 is 5.15. The van der Waals surface area contributed by atoms with Crippen LogP contribution in [-0.4, -0.2) is 28.2 Å². The lowest BCUT2D eigenvalue weighted by atomic mass is 10.1. The van der Waals surface area contributed by atoms with Crippen LogP contribution in [0.1, 0.15) is 31.4 Å². The van der Waals surface area contributed by atoms with Crippen LogP contribution in [-0.2, 0) is 0 Å². The van der Waals surface area contributed by atoms with Crippen LogP contribution in [0, 0.1) is 6.92 Å². The molecular formula is C20H23N5O. The Morgan fingerprint density at radius 3 is 2.38 bits per heavy atom. The number of rotatable bonds is 4. The second-order valence-corrected chi connectivity index (χ2v) is 6.65. The highest BCUT2D eigenvalue weighted by Crippen LogP contribution is 2.26. The first-order chi connectivity index (χ1) is 12.8. The standard InChI is InChI=1S/C20H23N5O/c1-15-13-19(24-26-15)22-18-14-17(16-9-5-4-6-10-16)21-20(23-18)25-11-7-2-3-8-12-25/h4-6,9-10,13-14H,2-3,7-8,11-12H2,1H3,(H,21,22,23,24). The highest BCUT2D eigenvalue weighted by atomic mass is 16.5. The zero-order valence-electron chi connectivity index (χ0n) is 15.0. The minimum absolute atomic E-state index is 0.655. The maximum absolute atomic E-state index is 5.15. The van der Waals surface area contributed by atoms with Crippen molar-refractivity contribution in [3.05, 3.63) is 48.2 Å². The Kier molecular flexibility index (Phi) is 4.82. The van der Waals surface area contributed by atoms with E-state index in [0.29, 0.717) is 5.82 Å². The summed E-state index contributed by atoms with van der Waals surface area (Å²) in [6, 6.07) is 14.0. The maximum Gasteiger partial charge on any atom is 0.227 e. The third-order valence-electron chi connectivity index (χ3n) is 4.56. The number of aryl methyl sites for hydroxylation is 1. The van der Waals surface area contributed by atoms with Crippen LogP contribution in [0.25, 0.3) is 11.3 Å². The fourth-order valence-corrected chi connectivity index (χ4v) is 3.22. The third-order valence-corrected chi connectivity index (χ3v) is 4.56. The Labute approximate surface area is 153 Å². The summed E-state index contributed by atoms with van der Waals surface area (Å²) >= 11 is 0. The molecule has 4 rings (SSSR count). The van der Waals surface area contributed by atoms with Gasteiger partial charge < -0.3 is 14.7 Å². The Morgan fingerprint density at radius 2 is 1.69 bits per heavy atom. The number of benzene rings is 1. The van der Waals surface area contributed by atoms with E-state index in [-0.39, 0.29) is 0 Å². The number of hydrogen-bond donors (Lipinski definition) is 1. The van der Waals surface area contributed by atoms with E-state index in [4.69, 9.17) is 14.5 Å². The summed E-state index contributed by atoms with van der Waals surface area (Å²) in [7, 11) is 0. The average molecular weight is 349 g/mol. The smallest absolute Gasteiger partial charge is 0.227 e. The van der Waals surface area contributed by atoms with Crippen LogP contribution in [0.4, 0.5) is 17.6 Å². The maximum atomic E-state index is 5.15. The minimum Gasteiger partial charge on any atom is -0.360 e. The monoisotopic (exact) mass is 349 g/mol. The third kappa shape index (κ3) is 3.85. The van der Waals surface area contributed by atoms with Crippen molar-refractivity contribution >= 4 is 17.6 Å². The number of hydrogen-bond acceptors (Lipinski definition) is 6. The minimum atomic E-state index is 0.655. The van der Waals surface area contributed by atoms with Crippen molar-refractivity contribution in [1.29, 1.82) is 0 Å². The predicted molar refractivity (Wildman–Crippen MR) is 103 cm³/mol. The van der Waals surface area contributed by atoms with E-state index in [1.54, 1.807) is 0 Å². The van der Waals surface area contributed by atoms with Gasteiger partial charge in [-0.2, -0.15) is 4.98 Å². The van der Waals surface area contributed by atoms with Gasteiger partial charge in [0, 0.05) is 30.8 Å². The van der Waals surface area contributed by atoms with Gasteiger partial charge in [0.15, 0.2) is 5.82 Å². The van der Waals surface area contributed by atoms with Crippen molar-refractivity contribution in [2.24, 2.45) is 0 Å². The van der Waals surface area contributed by atoms with Gasteiger partial charge in [-0.25, -0.2) is 4.98 Å². The molecule has 0 spiro atoms. The summed E-state index contributed by atoms with van der Waals surface area (Å²) in [5.41, 5.74) is 1.98. The quantitative estimate of drug-likeness (QED) is 0.744. The molecule has 0 radical (unpaired) electrons. The van der Waals surface area contributed by atoms with E-state index in [2.05, 4.69) is 27.5 Å². The largest absolute Gasteiger partial charge is 0.360 e. The molecule has 1 aliphatic heterocycles. The molecule has 1 aromatic carbocycles. The molecule has 0 aliphatic carbocycles. The highest BCUT2D eigenvalue weighted by Gasteiger charge is 2.16. The van der Waals surface area contributed by atoms with Crippen LogP contribution in [0.5, 0.6) is 0 Å². The van der Waals surface area contributed by atoms with Crippen molar-refractivity contribution in [1.82, 2.24) is 15.1 Å². The summed E-state index contributed by atoms with van der Waals surface area (Å²) in [5.74, 6) is 2.92. The molecule has 1 aliphatic rings. The Bertz CT molecular complexity index is 854. The molecule has 0 bridgehead atoms. The van der Waals surface area contributed by atoms with E-state index in [1.807, 2.05) is 37.3 Å². The van der Waals surface area contributed by atoms with Gasteiger partial charge >= 0.3 is 0 Å². The Morgan fingerprint density at radius 1 is 0.923 bits per heavy atom. The molecule has 3 aromatic rings. The first kappa shape index (κ1) is 16.6. The molecule has 1 N–H and O–H groups in total. The van der Waals surface area contributed by atoms with Gasteiger partial charge in [-0.3, -0.25) is 0 Å². The van der Waals surface area contributed by atoms with E-state index in [0.717, 1.165) is 41.9 Å². The molecule has 6 heteroatoms. The van der Waals surface area contributed by atoms with Gasteiger partial charge in [0.2, 0.25) is 5.95 Å². The normalized spacial score (nSPS) is 14.9. The SMILES string of the molecule is Cc1cc(Nc2cc(-c3ccccc3)nc(N3CCCCCC3)n2)no1. The number of nitrogens with zero attached hydrogens (tertiary/aromatic N) is 4. The molecule has 0 unspecified atom stereocenters. The van der Waals surface area contributed by atoms with E-state index < -0.39 is 0 Å². The lowest BCUT2D eigenvalue weighted by Gasteiger charge is -2.21. The van der Waals surface area contributed by atoms with E-state index in [9.17, 15) is 0 Å². The van der Waals surface area contributed by atoms with Crippen LogP contribution < -0.4 is 10.2 Å². The molecule has 0 amide bonds. The first-order valence-corrected chi connectivity index (χ1v) is 9.18. The Hall–Kier alpha value is -2.89. The molecule has 0 saturated carbocycles. The van der Waals surface area contributed by atoms with Crippen molar-refractivity contribution in [2.75, 3.05) is 23.3 Å². The van der Waals surface area contributed by atoms with Gasteiger partial charge in [-0.1, -0.05) is 48.3 Å². The summed E-state index contributed by atoms with van der Waals surface area (Å²) in [4.78, 5) is 11.9. The lowest BCUT2D eigenvalue weighted by Crippen LogP contribution is -2.26. The van der Waals surface area contributed by atoms with Gasteiger partial charge in [0.25, 0.3) is 0 Å². The molecular weight excluding hydrogens is 326 g/mol. The van der Waals surface area contributed by atoms with Crippen LogP contribution in [0.2, 0.25) is 0 Å². The zero-order chi connectivity index (χ0) is 17.8. The Balaban J connectivity index is 1.71. The molecule has 0 atom stereocenters. The van der Waals surface area contributed by atoms with Gasteiger partial charge in [0.05, 0.1) is 5.69 Å². The van der Waals surface area contributed by atoms with Crippen molar-refractivity contribution in [3.8, 4) is 11.3 Å². The van der Waals surface area contributed by atoms with Crippen LogP contribution in [0.15, 0.2) is 47.0 Å². The fourth-order valence-electron chi connectivity index (χ4n) is 3.22. The molecule has 1 saturated heterocycles. The molecule has 26 heavy (non-hydrogen) atoms. The van der Waals surface area contributed by atoms with Crippen LogP contribution in [0.3, 0.4) is 0 Å². The summed E-state index contributed by atoms with van der Waals surface area (Å²) in [5, 5.41) is 7.26. The topological polar surface area (TPSA) is 67.1 Å². The molecule has 2 aromatic heterocycles. The predicted octanol–water partition coefficient (Wildman–Crippen LogP) is 4.56. The zero-order valence-corrected chi connectivity index (χ0v) is 15.0. The second kappa shape index (κ2) is 7.56. The molecule has 1 fully saturated rings. The molecule has 3 heterocycles. The lowest BCUT2D eigenvalue weighted by molar-refractivity contribution is 0.400. The number of nitrogens with one attached hydrogen (secondary N) is 1. The van der Waals surface area contributed by atoms with Crippen molar-refractivity contribution in [2.45, 2.75) is 32.6 Å². The van der Waals surface area contributed by atoms with Gasteiger partial charge in [-0.15, -0.1) is 0 Å². The summed E-state index contributed by atoms with van der Waals surface area (Å²) in [6.07, 6.45) is 4.92. The van der Waals surface area contributed by atoms with Crippen LogP contribution >= 0.6 is 0 Å². The van der Waals surface area contributed by atoms with E-state index >= 15 is 0 Å². The van der Waals surface area contributed by atoms with Crippen molar-refractivity contribution < 1.29 is 4.52 Å². The van der Waals surface area contributed by atoms with Crippen molar-refractivity contribution in [3.63, 3.8) is 0 Å². The molecule has 134 valence electrons. The second-order valence-electron chi connectivity index (χ2n) is 6.65. The van der Waals surface area contributed by atoms with Gasteiger partial charge in [0.1, 0.15) is 11.6 Å². The first-order valence-electron chi connectivity index (χ1n) is 9.18. The molecule has 6 nitrogen and oxygen atoms in total. The fraction of sp³-hybridized carbons (Fsp3) is 0.350. The summed E-state index contributed by atoms with van der Waals surface area (Å²) in [6.45, 7) is 3.87. The highest BCUT2D eigenvalue weighted by molar-refractivity contribution is 5.66.